The topological polar surface area (TPSA) is 38.0 Å². The van der Waals surface area contributed by atoms with Gasteiger partial charge in [-0.2, -0.15) is 0 Å². The third kappa shape index (κ3) is 2.35. The predicted octanol–water partition coefficient (Wildman–Crippen LogP) is 2.25. The molecule has 1 aromatic rings. The van der Waals surface area contributed by atoms with Crippen LogP contribution in [0.5, 0.6) is 0 Å². The second-order valence-corrected chi connectivity index (χ2v) is 5.59. The molecule has 3 N–H and O–H groups in total. The quantitative estimate of drug-likeness (QED) is 0.619. The van der Waals surface area contributed by atoms with Gasteiger partial charge >= 0.3 is 0 Å². The average Bonchev–Trinajstić information content (AvgIpc) is 2.95. The van der Waals surface area contributed by atoms with E-state index in [9.17, 15) is 4.39 Å². The van der Waals surface area contributed by atoms with Crippen LogP contribution in [-0.4, -0.2) is 6.04 Å². The summed E-state index contributed by atoms with van der Waals surface area (Å²) >= 11 is 0. The molecule has 1 aromatic carbocycles. The van der Waals surface area contributed by atoms with Crippen LogP contribution in [0.3, 0.4) is 0 Å². The number of hydrogen-bond donors (Lipinski definition) is 2. The van der Waals surface area contributed by atoms with Crippen molar-refractivity contribution < 1.29 is 4.39 Å². The maximum atomic E-state index is 12.8. The highest BCUT2D eigenvalue weighted by molar-refractivity contribution is 5.17. The van der Waals surface area contributed by atoms with Crippen molar-refractivity contribution in [2.75, 3.05) is 0 Å². The molecule has 3 unspecified atom stereocenters. The highest BCUT2D eigenvalue weighted by Crippen LogP contribution is 2.55. The van der Waals surface area contributed by atoms with Crippen molar-refractivity contribution in [2.24, 2.45) is 23.6 Å². The fraction of sp³-hybridized carbons (Fsp3) is 0.571. The van der Waals surface area contributed by atoms with Crippen LogP contribution in [-0.2, 0) is 6.42 Å². The lowest BCUT2D eigenvalue weighted by molar-refractivity contribution is 0.336. The summed E-state index contributed by atoms with van der Waals surface area (Å²) < 4.78 is 12.8. The van der Waals surface area contributed by atoms with Crippen molar-refractivity contribution in [3.8, 4) is 0 Å². The number of hydrogen-bond acceptors (Lipinski definition) is 2. The Kier molecular flexibility index (Phi) is 2.89. The van der Waals surface area contributed by atoms with Crippen LogP contribution in [0.25, 0.3) is 0 Å². The molecule has 0 aromatic heterocycles. The van der Waals surface area contributed by atoms with E-state index in [0.717, 1.165) is 23.8 Å². The highest BCUT2D eigenvalue weighted by atomic mass is 19.1. The van der Waals surface area contributed by atoms with Crippen molar-refractivity contribution in [2.45, 2.75) is 31.7 Å². The molecule has 92 valence electrons. The first kappa shape index (κ1) is 11.2. The Morgan fingerprint density at radius 3 is 2.41 bits per heavy atom. The molecular weight excluding hydrogens is 215 g/mol. The molecule has 3 heteroatoms. The number of hydrazine groups is 1. The van der Waals surface area contributed by atoms with Crippen molar-refractivity contribution in [3.63, 3.8) is 0 Å². The monoisotopic (exact) mass is 234 g/mol. The lowest BCUT2D eigenvalue weighted by Crippen LogP contribution is -2.42. The molecule has 0 radical (unpaired) electrons. The zero-order valence-corrected chi connectivity index (χ0v) is 9.90. The van der Waals surface area contributed by atoms with Crippen LogP contribution in [0.15, 0.2) is 24.3 Å². The molecule has 0 saturated heterocycles. The molecule has 2 aliphatic rings. The Morgan fingerprint density at radius 1 is 1.18 bits per heavy atom. The number of rotatable bonds is 4. The normalized spacial score (nSPS) is 32.2. The second-order valence-electron chi connectivity index (χ2n) is 5.59. The van der Waals surface area contributed by atoms with E-state index in [2.05, 4.69) is 5.43 Å². The molecule has 3 rings (SSSR count). The van der Waals surface area contributed by atoms with Gasteiger partial charge in [-0.15, -0.1) is 0 Å². The molecule has 2 nitrogen and oxygen atoms in total. The van der Waals surface area contributed by atoms with Crippen LogP contribution in [0.1, 0.15) is 24.8 Å². The lowest BCUT2D eigenvalue weighted by Gasteiger charge is -2.24. The number of benzene rings is 1. The van der Waals surface area contributed by atoms with E-state index in [1.165, 1.54) is 31.4 Å². The van der Waals surface area contributed by atoms with Crippen LogP contribution in [0.4, 0.5) is 4.39 Å². The molecule has 2 aliphatic carbocycles. The van der Waals surface area contributed by atoms with E-state index >= 15 is 0 Å². The van der Waals surface area contributed by atoms with Crippen molar-refractivity contribution in [1.29, 1.82) is 0 Å². The third-order valence-electron chi connectivity index (χ3n) is 4.43. The molecule has 0 spiro atoms. The number of nitrogens with one attached hydrogen (secondary N) is 1. The van der Waals surface area contributed by atoms with Gasteiger partial charge in [-0.3, -0.25) is 11.3 Å². The van der Waals surface area contributed by atoms with Crippen molar-refractivity contribution in [3.05, 3.63) is 35.6 Å². The summed E-state index contributed by atoms with van der Waals surface area (Å²) in [7, 11) is 0. The lowest BCUT2D eigenvalue weighted by atomic mass is 9.90. The zero-order valence-electron chi connectivity index (χ0n) is 9.90. The Bertz CT molecular complexity index is 380. The van der Waals surface area contributed by atoms with Gasteiger partial charge in [-0.25, -0.2) is 4.39 Å². The molecule has 3 atom stereocenters. The summed E-state index contributed by atoms with van der Waals surface area (Å²) in [6.07, 6.45) is 4.98. The summed E-state index contributed by atoms with van der Waals surface area (Å²) in [5.74, 6) is 8.15. The standard InChI is InChI=1S/C14H19FN2/c15-13-3-1-9(2-4-13)5-14(17-16)12-7-10-6-11(10)8-12/h1-4,10-12,14,17H,5-8,16H2. The first-order valence-electron chi connectivity index (χ1n) is 6.47. The zero-order chi connectivity index (χ0) is 11.8. The van der Waals surface area contributed by atoms with Gasteiger partial charge in [0.05, 0.1) is 0 Å². The molecule has 0 amide bonds. The minimum atomic E-state index is -0.173. The van der Waals surface area contributed by atoms with Gasteiger partial charge in [0.1, 0.15) is 5.82 Å². The minimum Gasteiger partial charge on any atom is -0.271 e. The van der Waals surface area contributed by atoms with Crippen molar-refractivity contribution >= 4 is 0 Å². The van der Waals surface area contributed by atoms with Gasteiger partial charge in [-0.05, 0) is 61.1 Å². The number of halogens is 1. The largest absolute Gasteiger partial charge is 0.271 e. The number of fused-ring (bicyclic) bond motifs is 1. The van der Waals surface area contributed by atoms with E-state index in [1.54, 1.807) is 0 Å². The first-order chi connectivity index (χ1) is 8.26. The Morgan fingerprint density at radius 2 is 1.82 bits per heavy atom. The van der Waals surface area contributed by atoms with Gasteiger partial charge in [0, 0.05) is 6.04 Å². The molecule has 0 aliphatic heterocycles. The van der Waals surface area contributed by atoms with Gasteiger partial charge < -0.3 is 0 Å². The van der Waals surface area contributed by atoms with E-state index in [4.69, 9.17) is 5.84 Å². The Labute approximate surface area is 101 Å². The van der Waals surface area contributed by atoms with Gasteiger partial charge in [0.25, 0.3) is 0 Å². The average molecular weight is 234 g/mol. The Hall–Kier alpha value is -0.930. The van der Waals surface area contributed by atoms with Crippen molar-refractivity contribution in [1.82, 2.24) is 5.43 Å². The molecule has 0 bridgehead atoms. The maximum absolute atomic E-state index is 12.8. The first-order valence-corrected chi connectivity index (χ1v) is 6.47. The third-order valence-corrected chi connectivity index (χ3v) is 4.43. The Balaban J connectivity index is 1.63. The molecular formula is C14H19FN2. The molecule has 17 heavy (non-hydrogen) atoms. The molecule has 2 fully saturated rings. The fourth-order valence-electron chi connectivity index (χ4n) is 3.33. The van der Waals surface area contributed by atoms with Crippen LogP contribution in [0, 0.1) is 23.6 Å². The van der Waals surface area contributed by atoms with E-state index in [-0.39, 0.29) is 5.82 Å². The summed E-state index contributed by atoms with van der Waals surface area (Å²) in [6.45, 7) is 0. The summed E-state index contributed by atoms with van der Waals surface area (Å²) in [4.78, 5) is 0. The molecule has 2 saturated carbocycles. The van der Waals surface area contributed by atoms with E-state index < -0.39 is 0 Å². The predicted molar refractivity (Wildman–Crippen MR) is 65.5 cm³/mol. The van der Waals surface area contributed by atoms with Crippen LogP contribution >= 0.6 is 0 Å². The van der Waals surface area contributed by atoms with Crippen LogP contribution < -0.4 is 11.3 Å². The van der Waals surface area contributed by atoms with E-state index in [1.807, 2.05) is 12.1 Å². The molecule has 0 heterocycles. The van der Waals surface area contributed by atoms with Gasteiger partial charge in [0.2, 0.25) is 0 Å². The summed E-state index contributed by atoms with van der Waals surface area (Å²) in [6, 6.07) is 7.10. The number of nitrogens with two attached hydrogens (primary N) is 1. The summed E-state index contributed by atoms with van der Waals surface area (Å²) in [5.41, 5.74) is 4.12. The van der Waals surface area contributed by atoms with Gasteiger partial charge in [0.15, 0.2) is 0 Å². The smallest absolute Gasteiger partial charge is 0.123 e. The highest BCUT2D eigenvalue weighted by Gasteiger charge is 2.47. The second kappa shape index (κ2) is 4.39. The summed E-state index contributed by atoms with van der Waals surface area (Å²) in [5, 5.41) is 0. The minimum absolute atomic E-state index is 0.173. The van der Waals surface area contributed by atoms with E-state index in [0.29, 0.717) is 12.0 Å². The SMILES string of the molecule is NNC(Cc1ccc(F)cc1)C1CC2CC2C1. The fourth-order valence-corrected chi connectivity index (χ4v) is 3.33. The maximum Gasteiger partial charge on any atom is 0.123 e. The van der Waals surface area contributed by atoms with Crippen LogP contribution in [0.2, 0.25) is 0 Å². The van der Waals surface area contributed by atoms with Gasteiger partial charge in [-0.1, -0.05) is 12.1 Å².